The molecule has 68 heavy (non-hydrogen) atoms. The maximum atomic E-state index is 13.2. The van der Waals surface area contributed by atoms with Crippen molar-refractivity contribution >= 4 is 16.3 Å². The van der Waals surface area contributed by atoms with Crippen molar-refractivity contribution in [2.24, 2.45) is 0 Å². The monoisotopic (exact) mass is 986 g/mol. The maximum Gasteiger partial charge on any atom is 0.397 e. The second-order valence-corrected chi connectivity index (χ2v) is 20.0. The molecule has 1 aliphatic heterocycles. The van der Waals surface area contributed by atoms with Crippen molar-refractivity contribution in [2.75, 3.05) is 13.2 Å². The van der Waals surface area contributed by atoms with E-state index in [4.69, 9.17) is 9.47 Å². The fraction of sp³-hybridized carbons (Fsp3) is 0.833. The SMILES string of the molecule is CCCCCCCCCCC/C=C\C/C=C\CCCCCCCCC(O)C(=O)NC(COC1OC(CO)C(O)C(OS(=O)(=O)O)C1O)C(O)/C=C/CC/C=C/CCCCCCCCCCCCC. The van der Waals surface area contributed by atoms with Crippen molar-refractivity contribution in [2.45, 2.75) is 275 Å². The molecule has 7 N–H and O–H groups in total. The maximum absolute atomic E-state index is 13.2. The number of allylic oxidation sites excluding steroid dienone is 7. The van der Waals surface area contributed by atoms with Crippen LogP contribution in [0.25, 0.3) is 0 Å². The highest BCUT2D eigenvalue weighted by atomic mass is 32.3. The molecule has 1 fully saturated rings. The van der Waals surface area contributed by atoms with Gasteiger partial charge in [0.2, 0.25) is 5.91 Å². The molecule has 0 aromatic heterocycles. The zero-order valence-electron chi connectivity index (χ0n) is 42.5. The Hall–Kier alpha value is -1.98. The van der Waals surface area contributed by atoms with Gasteiger partial charge in [0.15, 0.2) is 6.29 Å². The van der Waals surface area contributed by atoms with E-state index >= 15 is 0 Å². The second kappa shape index (κ2) is 43.8. The normalized spacial score (nSPS) is 20.6. The summed E-state index contributed by atoms with van der Waals surface area (Å²) in [7, 11) is -5.13. The molecule has 1 aliphatic rings. The van der Waals surface area contributed by atoms with Crippen molar-refractivity contribution in [1.82, 2.24) is 5.32 Å². The molecule has 14 heteroatoms. The van der Waals surface area contributed by atoms with Gasteiger partial charge in [-0.05, 0) is 64.2 Å². The Kier molecular flexibility index (Phi) is 41.2. The predicted octanol–water partition coefficient (Wildman–Crippen LogP) is 11.0. The molecule has 8 unspecified atom stereocenters. The smallest absolute Gasteiger partial charge is 0.394 e. The van der Waals surface area contributed by atoms with Crippen LogP contribution in [-0.4, -0.2) is 107 Å². The molecule has 398 valence electrons. The lowest BCUT2D eigenvalue weighted by Crippen LogP contribution is -2.61. The summed E-state index contributed by atoms with van der Waals surface area (Å²) in [5.74, 6) is -0.720. The first-order valence-electron chi connectivity index (χ1n) is 27.1. The van der Waals surface area contributed by atoms with Crippen LogP contribution in [0, 0.1) is 0 Å². The van der Waals surface area contributed by atoms with Crippen molar-refractivity contribution in [3.05, 3.63) is 48.6 Å². The number of ether oxygens (including phenoxy) is 2. The Balaban J connectivity index is 2.51. The van der Waals surface area contributed by atoms with Gasteiger partial charge in [-0.25, -0.2) is 4.18 Å². The first kappa shape index (κ1) is 64.0. The van der Waals surface area contributed by atoms with E-state index in [1.165, 1.54) is 134 Å². The number of carbonyl (C=O) groups is 1. The molecule has 0 bridgehead atoms. The largest absolute Gasteiger partial charge is 0.397 e. The van der Waals surface area contributed by atoms with Gasteiger partial charge >= 0.3 is 10.4 Å². The molecule has 0 aromatic rings. The summed E-state index contributed by atoms with van der Waals surface area (Å²) in [6, 6.07) is -1.14. The predicted molar refractivity (Wildman–Crippen MR) is 274 cm³/mol. The third kappa shape index (κ3) is 35.2. The number of amides is 1. The van der Waals surface area contributed by atoms with Gasteiger partial charge in [0.05, 0.1) is 25.4 Å². The quantitative estimate of drug-likeness (QED) is 0.0172. The topological polar surface area (TPSA) is 212 Å². The number of aliphatic hydroxyl groups excluding tert-OH is 5. The number of carbonyl (C=O) groups excluding carboxylic acids is 1. The molecule has 13 nitrogen and oxygen atoms in total. The van der Waals surface area contributed by atoms with E-state index in [9.17, 15) is 43.3 Å². The van der Waals surface area contributed by atoms with Gasteiger partial charge in [-0.1, -0.05) is 210 Å². The summed E-state index contributed by atoms with van der Waals surface area (Å²) < 4.78 is 47.6. The van der Waals surface area contributed by atoms with Gasteiger partial charge in [-0.2, -0.15) is 8.42 Å². The van der Waals surface area contributed by atoms with Crippen LogP contribution in [0.3, 0.4) is 0 Å². The summed E-state index contributed by atoms with van der Waals surface area (Å²) >= 11 is 0. The van der Waals surface area contributed by atoms with E-state index in [0.717, 1.165) is 64.2 Å². The molecular formula is C54H99NO12S. The van der Waals surface area contributed by atoms with Gasteiger partial charge in [-0.15, -0.1) is 0 Å². The zero-order chi connectivity index (χ0) is 49.9. The van der Waals surface area contributed by atoms with Crippen molar-refractivity contribution < 1.29 is 57.0 Å². The van der Waals surface area contributed by atoms with Crippen molar-refractivity contribution in [1.29, 1.82) is 0 Å². The van der Waals surface area contributed by atoms with Crippen LogP contribution in [0.5, 0.6) is 0 Å². The second-order valence-electron chi connectivity index (χ2n) is 18.9. The van der Waals surface area contributed by atoms with Crippen molar-refractivity contribution in [3.63, 3.8) is 0 Å². The highest BCUT2D eigenvalue weighted by molar-refractivity contribution is 7.80. The average molecular weight is 986 g/mol. The molecule has 8 atom stereocenters. The standard InChI is InChI=1S/C54H99NO12S/c1-3-5-7-9-11-13-15-17-19-21-22-23-24-25-27-29-31-33-35-37-39-41-43-48(58)53(61)55-46(45-65-54-51(60)52(67-68(62,63)64)50(59)49(44-56)66-54)47(57)42-40-38-36-34-32-30-28-26-20-18-16-14-12-10-8-6-4-2/h22-23,25,27,32,34,40,42,46-52,54,56-60H,3-21,24,26,28-31,33,35-39,41,43-45H2,1-2H3,(H,55,61)(H,62,63,64)/b23-22-,27-25-,34-32+,42-40+. The first-order chi connectivity index (χ1) is 32.9. The van der Waals surface area contributed by atoms with Gasteiger partial charge in [-0.3, -0.25) is 9.35 Å². The van der Waals surface area contributed by atoms with E-state index in [0.29, 0.717) is 12.8 Å². The fourth-order valence-corrected chi connectivity index (χ4v) is 8.90. The molecule has 0 aliphatic carbocycles. The van der Waals surface area contributed by atoms with Crippen LogP contribution < -0.4 is 5.32 Å². The summed E-state index contributed by atoms with van der Waals surface area (Å²) in [6.07, 6.45) is 43.3. The lowest BCUT2D eigenvalue weighted by molar-refractivity contribution is -0.298. The molecule has 1 amide bonds. The van der Waals surface area contributed by atoms with Crippen LogP contribution >= 0.6 is 0 Å². The molecule has 0 spiro atoms. The highest BCUT2D eigenvalue weighted by Gasteiger charge is 2.48. The number of aliphatic hydroxyl groups is 5. The Morgan fingerprint density at radius 2 is 1.03 bits per heavy atom. The molecule has 0 radical (unpaired) electrons. The van der Waals surface area contributed by atoms with Crippen LogP contribution in [0.1, 0.15) is 226 Å². The molecule has 0 saturated carbocycles. The zero-order valence-corrected chi connectivity index (χ0v) is 43.3. The molecule has 1 saturated heterocycles. The molecule has 1 heterocycles. The minimum atomic E-state index is -5.13. The Labute approximate surface area is 413 Å². The third-order valence-electron chi connectivity index (χ3n) is 12.7. The van der Waals surface area contributed by atoms with Crippen LogP contribution in [0.4, 0.5) is 0 Å². The minimum Gasteiger partial charge on any atom is -0.394 e. The van der Waals surface area contributed by atoms with Gasteiger partial charge < -0.3 is 40.3 Å². The molecule has 1 rings (SSSR count). The number of nitrogens with one attached hydrogen (secondary N) is 1. The lowest BCUT2D eigenvalue weighted by atomic mass is 9.99. The minimum absolute atomic E-state index is 0.224. The van der Waals surface area contributed by atoms with Gasteiger partial charge in [0, 0.05) is 0 Å². The van der Waals surface area contributed by atoms with Crippen molar-refractivity contribution in [3.8, 4) is 0 Å². The Morgan fingerprint density at radius 3 is 1.50 bits per heavy atom. The number of hydrogen-bond donors (Lipinski definition) is 7. The lowest BCUT2D eigenvalue weighted by Gasteiger charge is -2.41. The van der Waals surface area contributed by atoms with Gasteiger partial charge in [0.1, 0.15) is 30.5 Å². The van der Waals surface area contributed by atoms with E-state index in [2.05, 4.69) is 59.8 Å². The van der Waals surface area contributed by atoms with E-state index in [1.807, 2.05) is 0 Å². The molecular weight excluding hydrogens is 887 g/mol. The number of unbranched alkanes of at least 4 members (excludes halogenated alkanes) is 27. The Bertz CT molecular complexity index is 1410. The van der Waals surface area contributed by atoms with E-state index in [1.54, 1.807) is 6.08 Å². The van der Waals surface area contributed by atoms with E-state index < -0.39 is 78.5 Å². The summed E-state index contributed by atoms with van der Waals surface area (Å²) in [5.41, 5.74) is 0. The van der Waals surface area contributed by atoms with E-state index in [-0.39, 0.29) is 6.42 Å². The van der Waals surface area contributed by atoms with Crippen LogP contribution in [0.2, 0.25) is 0 Å². The highest BCUT2D eigenvalue weighted by Crippen LogP contribution is 2.26. The number of hydrogen-bond acceptors (Lipinski definition) is 11. The summed E-state index contributed by atoms with van der Waals surface area (Å²) in [4.78, 5) is 13.2. The summed E-state index contributed by atoms with van der Waals surface area (Å²) in [5, 5.41) is 55.4. The number of rotatable bonds is 46. The summed E-state index contributed by atoms with van der Waals surface area (Å²) in [6.45, 7) is 3.22. The fourth-order valence-electron chi connectivity index (χ4n) is 8.39. The third-order valence-corrected chi connectivity index (χ3v) is 13.2. The molecule has 0 aromatic carbocycles. The van der Waals surface area contributed by atoms with Crippen LogP contribution in [0.15, 0.2) is 48.6 Å². The Morgan fingerprint density at radius 1 is 0.603 bits per heavy atom. The van der Waals surface area contributed by atoms with Crippen LogP contribution in [-0.2, 0) is 28.9 Å². The first-order valence-corrected chi connectivity index (χ1v) is 28.5. The van der Waals surface area contributed by atoms with Gasteiger partial charge in [0.25, 0.3) is 0 Å². The average Bonchev–Trinajstić information content (AvgIpc) is 3.31.